The van der Waals surface area contributed by atoms with Crippen LogP contribution in [0.2, 0.25) is 0 Å². The summed E-state index contributed by atoms with van der Waals surface area (Å²) in [6.45, 7) is 5.36. The van der Waals surface area contributed by atoms with E-state index in [1.165, 1.54) is 11.3 Å². The van der Waals surface area contributed by atoms with Crippen molar-refractivity contribution in [1.29, 1.82) is 0 Å². The molecule has 1 saturated heterocycles. The molecule has 2 amide bonds. The van der Waals surface area contributed by atoms with E-state index in [1.807, 2.05) is 34.5 Å². The van der Waals surface area contributed by atoms with Gasteiger partial charge in [-0.15, -0.1) is 11.3 Å². The summed E-state index contributed by atoms with van der Waals surface area (Å²) in [7, 11) is 2.14. The van der Waals surface area contributed by atoms with Crippen LogP contribution in [0.3, 0.4) is 0 Å². The van der Waals surface area contributed by atoms with Gasteiger partial charge in [-0.2, -0.15) is 0 Å². The maximum atomic E-state index is 13.3. The van der Waals surface area contributed by atoms with Gasteiger partial charge in [-0.25, -0.2) is 0 Å². The van der Waals surface area contributed by atoms with E-state index in [0.29, 0.717) is 24.5 Å². The van der Waals surface area contributed by atoms with Gasteiger partial charge in [0.1, 0.15) is 0 Å². The van der Waals surface area contributed by atoms with Crippen LogP contribution in [0, 0.1) is 5.92 Å². The Bertz CT molecular complexity index is 1570. The number of benzene rings is 3. The van der Waals surface area contributed by atoms with Crippen molar-refractivity contribution in [3.8, 4) is 11.1 Å². The van der Waals surface area contributed by atoms with Crippen LogP contribution < -0.4 is 16.0 Å². The first-order valence-electron chi connectivity index (χ1n) is 15.1. The monoisotopic (exact) mass is 593 g/mol. The largest absolute Gasteiger partial charge is 0.367 e. The van der Waals surface area contributed by atoms with E-state index in [9.17, 15) is 9.59 Å². The Balaban J connectivity index is 1.27. The SMILES string of the molecule is CN1CCN(c2ccc(-c3cccc(CN(Cc4cccc(CN)c4)C(=O)C4CC4)c3)cc2NC(=O)c2cccs2)CC1. The molecule has 0 unspecified atom stereocenters. The molecule has 2 aliphatic rings. The number of nitrogens with two attached hydrogens (primary N) is 1. The number of thiophene rings is 1. The van der Waals surface area contributed by atoms with Crippen molar-refractivity contribution in [3.63, 3.8) is 0 Å². The van der Waals surface area contributed by atoms with E-state index in [0.717, 1.165) is 78.2 Å². The highest BCUT2D eigenvalue weighted by atomic mass is 32.1. The number of nitrogens with zero attached hydrogens (tertiary/aromatic N) is 3. The average Bonchev–Trinajstić information content (AvgIpc) is 3.73. The lowest BCUT2D eigenvalue weighted by Crippen LogP contribution is -2.44. The lowest BCUT2D eigenvalue weighted by Gasteiger charge is -2.35. The van der Waals surface area contributed by atoms with Gasteiger partial charge in [0.2, 0.25) is 5.91 Å². The summed E-state index contributed by atoms with van der Waals surface area (Å²) < 4.78 is 0. The van der Waals surface area contributed by atoms with Crippen LogP contribution >= 0.6 is 11.3 Å². The molecule has 4 aromatic rings. The number of hydrogen-bond donors (Lipinski definition) is 2. The zero-order valence-corrected chi connectivity index (χ0v) is 25.5. The Morgan fingerprint density at radius 1 is 0.860 bits per heavy atom. The predicted octanol–water partition coefficient (Wildman–Crippen LogP) is 5.82. The van der Waals surface area contributed by atoms with E-state index in [1.54, 1.807) is 0 Å². The molecule has 2 heterocycles. The first-order valence-corrected chi connectivity index (χ1v) is 15.9. The fourth-order valence-electron chi connectivity index (χ4n) is 5.68. The number of amides is 2. The highest BCUT2D eigenvalue weighted by Crippen LogP contribution is 2.35. The Labute approximate surface area is 257 Å². The molecule has 1 saturated carbocycles. The molecule has 222 valence electrons. The summed E-state index contributed by atoms with van der Waals surface area (Å²) in [6, 6.07) is 26.7. The first-order chi connectivity index (χ1) is 21.0. The highest BCUT2D eigenvalue weighted by Gasteiger charge is 2.33. The predicted molar refractivity (Wildman–Crippen MR) is 175 cm³/mol. The summed E-state index contributed by atoms with van der Waals surface area (Å²) in [5.74, 6) is 0.264. The topological polar surface area (TPSA) is 81.9 Å². The molecule has 8 heteroatoms. The third kappa shape index (κ3) is 7.16. The minimum Gasteiger partial charge on any atom is -0.367 e. The molecule has 1 aromatic heterocycles. The fourth-order valence-corrected chi connectivity index (χ4v) is 6.29. The quantitative estimate of drug-likeness (QED) is 0.242. The first kappa shape index (κ1) is 29.1. The van der Waals surface area contributed by atoms with Crippen molar-refractivity contribution in [3.05, 3.63) is 106 Å². The molecule has 43 heavy (non-hydrogen) atoms. The van der Waals surface area contributed by atoms with Crippen molar-refractivity contribution < 1.29 is 9.59 Å². The van der Waals surface area contributed by atoms with Crippen LogP contribution in [0.15, 0.2) is 84.2 Å². The molecule has 3 aromatic carbocycles. The third-order valence-electron chi connectivity index (χ3n) is 8.31. The van der Waals surface area contributed by atoms with Gasteiger partial charge in [0.15, 0.2) is 0 Å². The number of carbonyl (C=O) groups is 2. The summed E-state index contributed by atoms with van der Waals surface area (Å²) >= 11 is 1.44. The maximum Gasteiger partial charge on any atom is 0.265 e. The van der Waals surface area contributed by atoms with E-state index in [4.69, 9.17) is 5.73 Å². The van der Waals surface area contributed by atoms with E-state index < -0.39 is 0 Å². The number of nitrogens with one attached hydrogen (secondary N) is 1. The average molecular weight is 594 g/mol. The van der Waals surface area contributed by atoms with Crippen LogP contribution in [-0.2, 0) is 24.4 Å². The van der Waals surface area contributed by atoms with Gasteiger partial charge >= 0.3 is 0 Å². The molecular weight excluding hydrogens is 554 g/mol. The Morgan fingerprint density at radius 2 is 1.56 bits per heavy atom. The molecule has 6 rings (SSSR count). The lowest BCUT2D eigenvalue weighted by atomic mass is 10.0. The van der Waals surface area contributed by atoms with Crippen LogP contribution in [0.25, 0.3) is 11.1 Å². The molecule has 1 aliphatic heterocycles. The van der Waals surface area contributed by atoms with Gasteiger partial charge in [0, 0.05) is 51.7 Å². The number of likely N-dealkylation sites (N-methyl/N-ethyl adjacent to an activating group) is 1. The fraction of sp³-hybridized carbons (Fsp3) is 0.314. The third-order valence-corrected chi connectivity index (χ3v) is 9.17. The number of hydrogen-bond acceptors (Lipinski definition) is 6. The summed E-state index contributed by atoms with van der Waals surface area (Å²) in [5, 5.41) is 5.12. The van der Waals surface area contributed by atoms with Crippen LogP contribution in [0.5, 0.6) is 0 Å². The summed E-state index contributed by atoms with van der Waals surface area (Å²) in [5.41, 5.74) is 13.1. The second-order valence-corrected chi connectivity index (χ2v) is 12.6. The van der Waals surface area contributed by atoms with E-state index in [-0.39, 0.29) is 17.7 Å². The Morgan fingerprint density at radius 3 is 2.26 bits per heavy atom. The number of anilines is 2. The van der Waals surface area contributed by atoms with Crippen LogP contribution in [0.1, 0.15) is 39.2 Å². The summed E-state index contributed by atoms with van der Waals surface area (Å²) in [4.78, 5) is 33.8. The molecule has 0 bridgehead atoms. The molecule has 0 spiro atoms. The Kier molecular flexibility index (Phi) is 8.88. The second kappa shape index (κ2) is 13.1. The molecule has 0 atom stereocenters. The van der Waals surface area contributed by atoms with Gasteiger partial charge in [-0.3, -0.25) is 9.59 Å². The second-order valence-electron chi connectivity index (χ2n) is 11.6. The van der Waals surface area contributed by atoms with E-state index in [2.05, 4.69) is 76.8 Å². The number of rotatable bonds is 10. The zero-order chi connectivity index (χ0) is 29.8. The standard InChI is InChI=1S/C35H39N5O2S/c1-38-14-16-39(17-15-38)32-13-12-30(21-31(32)37-34(41)33-9-4-18-43-33)29-8-3-7-27(20-29)24-40(35(42)28-10-11-28)23-26-6-2-5-25(19-26)22-36/h2-9,12-13,18-21,28H,10-11,14-17,22-24,36H2,1H3,(H,37,41). The van der Waals surface area contributed by atoms with Crippen molar-refractivity contribution in [1.82, 2.24) is 9.80 Å². The number of piperazine rings is 1. The number of carbonyl (C=O) groups excluding carboxylic acids is 2. The normalized spacial score (nSPS) is 15.3. The molecule has 0 radical (unpaired) electrons. The van der Waals surface area contributed by atoms with Gasteiger partial charge in [-0.05, 0) is 77.4 Å². The molecular formula is C35H39N5O2S. The van der Waals surface area contributed by atoms with Gasteiger partial charge < -0.3 is 25.8 Å². The molecule has 7 nitrogen and oxygen atoms in total. The Hall–Kier alpha value is -3.98. The maximum absolute atomic E-state index is 13.3. The van der Waals surface area contributed by atoms with Crippen molar-refractivity contribution in [2.75, 3.05) is 43.4 Å². The van der Waals surface area contributed by atoms with Crippen molar-refractivity contribution in [2.45, 2.75) is 32.5 Å². The van der Waals surface area contributed by atoms with E-state index >= 15 is 0 Å². The van der Waals surface area contributed by atoms with Crippen molar-refractivity contribution >= 4 is 34.5 Å². The van der Waals surface area contributed by atoms with Gasteiger partial charge in [0.25, 0.3) is 5.91 Å². The van der Waals surface area contributed by atoms with Gasteiger partial charge in [0.05, 0.1) is 16.3 Å². The highest BCUT2D eigenvalue weighted by molar-refractivity contribution is 7.12. The summed E-state index contributed by atoms with van der Waals surface area (Å²) in [6.07, 6.45) is 1.94. The van der Waals surface area contributed by atoms with Gasteiger partial charge in [-0.1, -0.05) is 54.6 Å². The van der Waals surface area contributed by atoms with Crippen LogP contribution in [-0.4, -0.2) is 54.8 Å². The molecule has 2 fully saturated rings. The molecule has 1 aliphatic carbocycles. The smallest absolute Gasteiger partial charge is 0.265 e. The zero-order valence-electron chi connectivity index (χ0n) is 24.7. The van der Waals surface area contributed by atoms with Crippen molar-refractivity contribution in [2.24, 2.45) is 11.7 Å². The minimum absolute atomic E-state index is 0.0933. The lowest BCUT2D eigenvalue weighted by molar-refractivity contribution is -0.133. The van der Waals surface area contributed by atoms with Crippen LogP contribution in [0.4, 0.5) is 11.4 Å². The molecule has 3 N–H and O–H groups in total. The minimum atomic E-state index is -0.0933.